The van der Waals surface area contributed by atoms with Gasteiger partial charge in [0.15, 0.2) is 22.6 Å². The number of aliphatic hydroxyl groups excluding tert-OH is 1. The number of anilines is 1. The zero-order valence-corrected chi connectivity index (χ0v) is 28.1. The van der Waals surface area contributed by atoms with Crippen molar-refractivity contribution in [3.63, 3.8) is 0 Å². The van der Waals surface area contributed by atoms with Crippen molar-refractivity contribution in [2.75, 3.05) is 38.0 Å². The van der Waals surface area contributed by atoms with Crippen LogP contribution in [0.25, 0.3) is 4.98 Å². The van der Waals surface area contributed by atoms with Crippen LogP contribution in [0.1, 0.15) is 19.9 Å². The number of halogens is 1. The molecule has 0 atom stereocenters. The minimum Gasteiger partial charge on any atom is -1.00 e. The molecule has 0 spiro atoms. The van der Waals surface area contributed by atoms with Crippen LogP contribution in [-0.2, 0) is 29.7 Å². The smallest absolute Gasteiger partial charge is 1.00 e. The number of hydrogen-bond acceptors (Lipinski definition) is 13. The van der Waals surface area contributed by atoms with E-state index in [2.05, 4.69) is 9.71 Å². The first-order chi connectivity index (χ1) is 16.7. The van der Waals surface area contributed by atoms with Crippen LogP contribution >= 0.6 is 0 Å². The van der Waals surface area contributed by atoms with Gasteiger partial charge in [-0.3, -0.25) is 5.41 Å². The number of rotatable bonds is 4. The second-order valence-electron chi connectivity index (χ2n) is 7.06. The number of ether oxygens (including phenoxy) is 2. The fourth-order valence-electron chi connectivity index (χ4n) is 2.79. The molecule has 0 amide bonds. The number of phenolic OH excluding ortho intramolecular Hbond substituents is 1. The molecule has 2 aromatic carbocycles. The fraction of sp³-hybridized carbons (Fsp3) is 0.381. The van der Waals surface area contributed by atoms with Crippen LogP contribution in [0.2, 0.25) is 0 Å². The van der Waals surface area contributed by atoms with Gasteiger partial charge >= 0.3 is 64.8 Å². The van der Waals surface area contributed by atoms with Crippen LogP contribution in [0, 0.1) is 17.7 Å². The molecule has 19 heteroatoms. The van der Waals surface area contributed by atoms with Crippen molar-refractivity contribution in [2.24, 2.45) is 0 Å². The van der Waals surface area contributed by atoms with Crippen LogP contribution in [0.5, 0.6) is 5.75 Å². The van der Waals surface area contributed by atoms with E-state index in [4.69, 9.17) is 25.8 Å². The van der Waals surface area contributed by atoms with Gasteiger partial charge in [-0.25, -0.2) is 16.8 Å². The van der Waals surface area contributed by atoms with Gasteiger partial charge < -0.3 is 46.1 Å². The Kier molecular flexibility index (Phi) is 24.8. The molecule has 1 saturated heterocycles. The molecule has 3 rings (SSSR count). The van der Waals surface area contributed by atoms with Gasteiger partial charge in [0.05, 0.1) is 29.9 Å². The number of nitrogens with one attached hydrogen (secondary N) is 1. The average molecular weight is 643 g/mol. The molecule has 40 heavy (non-hydrogen) atoms. The van der Waals surface area contributed by atoms with Crippen molar-refractivity contribution >= 4 is 37.5 Å². The Bertz CT molecular complexity index is 1300. The standard InChI is InChI=1S/C10H11N3O7S2.C7H8O.C3H7NO2.CH4.ClH.2Na/c11-12-7-5-10(22(17,18)19)8(6-9(7)21(14,15)16)13-1-3-20-4-2-13;1-6-3-2-4-7(8)5-6;1-3(4)6-2-5;;;;/h5-6H,1-4H2,(H-,14,15,16,17,18,19);2-5,8H,1H3;4-5H,2H2,1H3;1H4;1H;;/q;;;;;2*+1/p-2. The fourth-order valence-corrected chi connectivity index (χ4v) is 4.11. The molecule has 0 aromatic heterocycles. The number of aryl methyl sites for hydroxylation is 1. The summed E-state index contributed by atoms with van der Waals surface area (Å²) >= 11 is 0. The van der Waals surface area contributed by atoms with Gasteiger partial charge in [-0.15, -0.1) is 0 Å². The first kappa shape index (κ1) is 45.9. The minimum atomic E-state index is -5.03. The van der Waals surface area contributed by atoms with Crippen LogP contribution in [0.3, 0.4) is 0 Å². The van der Waals surface area contributed by atoms with Crippen molar-refractivity contribution in [3.05, 3.63) is 46.9 Å². The van der Waals surface area contributed by atoms with Gasteiger partial charge in [-0.2, -0.15) is 0 Å². The Morgan fingerprint density at radius 2 is 1.62 bits per heavy atom. The molecule has 1 aliphatic heterocycles. The zero-order valence-electron chi connectivity index (χ0n) is 21.7. The van der Waals surface area contributed by atoms with Gasteiger partial charge in [0.25, 0.3) is 0 Å². The predicted octanol–water partition coefficient (Wildman–Crippen LogP) is -6.89. The quantitative estimate of drug-likeness (QED) is 0.0706. The number of diazo groups is 1. The maximum atomic E-state index is 11.4. The Hall–Kier alpha value is -1.04. The van der Waals surface area contributed by atoms with E-state index in [9.17, 15) is 25.9 Å². The van der Waals surface area contributed by atoms with Gasteiger partial charge in [0, 0.05) is 20.0 Å². The summed E-state index contributed by atoms with van der Waals surface area (Å²) in [6.07, 6.45) is 0. The van der Waals surface area contributed by atoms with Crippen molar-refractivity contribution in [1.82, 2.24) is 0 Å². The molecule has 1 heterocycles. The molecule has 1 aliphatic rings. The first-order valence-electron chi connectivity index (χ1n) is 10.0. The van der Waals surface area contributed by atoms with E-state index < -0.39 is 42.5 Å². The summed E-state index contributed by atoms with van der Waals surface area (Å²) in [6.45, 7) is 3.89. The number of aliphatic hydroxyl groups is 1. The van der Waals surface area contributed by atoms with E-state index in [1.54, 1.807) is 12.1 Å². The van der Waals surface area contributed by atoms with Crippen molar-refractivity contribution in [2.45, 2.75) is 31.1 Å². The van der Waals surface area contributed by atoms with Crippen LogP contribution < -0.4 is 76.4 Å². The molecular weight excluding hydrogens is 614 g/mol. The number of phenols is 1. The molecule has 0 radical (unpaired) electrons. The summed E-state index contributed by atoms with van der Waals surface area (Å²) in [6, 6.07) is 8.45. The molecule has 0 bridgehead atoms. The molecule has 0 unspecified atom stereocenters. The third-order valence-corrected chi connectivity index (χ3v) is 6.05. The van der Waals surface area contributed by atoms with Gasteiger partial charge in [0.1, 0.15) is 26.0 Å². The molecule has 0 aliphatic carbocycles. The molecule has 214 valence electrons. The van der Waals surface area contributed by atoms with Crippen molar-refractivity contribution < 1.29 is 117 Å². The summed E-state index contributed by atoms with van der Waals surface area (Å²) in [4.78, 5) is 2.30. The van der Waals surface area contributed by atoms with E-state index in [1.807, 2.05) is 19.1 Å². The van der Waals surface area contributed by atoms with Crippen LogP contribution in [-0.4, -0.2) is 75.1 Å². The molecule has 2 aromatic rings. The molecular formula is C21H29ClN4Na2O10S2. The van der Waals surface area contributed by atoms with Crippen LogP contribution in [0.4, 0.5) is 11.4 Å². The summed E-state index contributed by atoms with van der Waals surface area (Å²) in [5.74, 6) is 0.377. The summed E-state index contributed by atoms with van der Waals surface area (Å²) in [7, 11) is -10.0. The Labute approximate surface area is 284 Å². The van der Waals surface area contributed by atoms with E-state index in [1.165, 1.54) is 11.8 Å². The Morgan fingerprint density at radius 1 is 1.10 bits per heavy atom. The number of aromatic hydroxyl groups is 1. The second kappa shape index (κ2) is 21.6. The summed E-state index contributed by atoms with van der Waals surface area (Å²) < 4.78 is 77.0. The SMILES string of the molecule is C.CC(=N)OCO.Cc1cccc(O)c1.N#[N+]c1cc(S(=O)(=O)[O-])c(N2CCOCC2)cc1S(=O)(=O)[O-].[Cl-].[Na+].[Na+]. The number of morpholine rings is 1. The Balaban J connectivity index is -0.000000301. The van der Waals surface area contributed by atoms with Crippen molar-refractivity contribution in [1.29, 1.82) is 10.8 Å². The maximum absolute atomic E-state index is 11.4. The predicted molar refractivity (Wildman–Crippen MR) is 131 cm³/mol. The third-order valence-electron chi connectivity index (χ3n) is 4.32. The molecule has 0 saturated carbocycles. The van der Waals surface area contributed by atoms with Gasteiger partial charge in [0.2, 0.25) is 5.39 Å². The number of nitrogens with zero attached hydrogens (tertiary/aromatic N) is 3. The van der Waals surface area contributed by atoms with E-state index in [0.29, 0.717) is 11.8 Å². The second-order valence-corrected chi connectivity index (χ2v) is 9.76. The molecule has 3 N–H and O–H groups in total. The monoisotopic (exact) mass is 642 g/mol. The number of hydrogen-bond donors (Lipinski definition) is 3. The summed E-state index contributed by atoms with van der Waals surface area (Å²) in [5.41, 5.74) is 0.0477. The maximum Gasteiger partial charge on any atom is 1.00 e. The van der Waals surface area contributed by atoms with Gasteiger partial charge in [-0.05, 0) is 30.7 Å². The van der Waals surface area contributed by atoms with Crippen LogP contribution in [0.15, 0.2) is 46.2 Å². The normalized spacial score (nSPS) is 11.9. The van der Waals surface area contributed by atoms with E-state index in [-0.39, 0.29) is 117 Å². The first-order valence-corrected chi connectivity index (χ1v) is 12.8. The van der Waals surface area contributed by atoms with E-state index in [0.717, 1.165) is 11.6 Å². The summed E-state index contributed by atoms with van der Waals surface area (Å²) in [5, 5.41) is 32.0. The van der Waals surface area contributed by atoms with Crippen molar-refractivity contribution in [3.8, 4) is 5.75 Å². The third kappa shape index (κ3) is 16.4. The molecule has 14 nitrogen and oxygen atoms in total. The molecule has 1 fully saturated rings. The average Bonchev–Trinajstić information content (AvgIpc) is 2.78. The number of benzene rings is 2. The largest absolute Gasteiger partial charge is 1.00 e. The minimum absolute atomic E-state index is 0. The topological polar surface area (TPSA) is 229 Å². The van der Waals surface area contributed by atoms with E-state index >= 15 is 0 Å². The Morgan fingerprint density at radius 3 is 1.95 bits per heavy atom. The van der Waals surface area contributed by atoms with Gasteiger partial charge in [-0.1, -0.05) is 19.6 Å². The zero-order chi connectivity index (χ0) is 27.5.